The molecule has 2 saturated heterocycles. The fourth-order valence-corrected chi connectivity index (χ4v) is 5.38. The van der Waals surface area contributed by atoms with Gasteiger partial charge in [-0.2, -0.15) is 0 Å². The van der Waals surface area contributed by atoms with Crippen LogP contribution >= 0.6 is 0 Å². The van der Waals surface area contributed by atoms with Gasteiger partial charge in [0.2, 0.25) is 11.8 Å². The van der Waals surface area contributed by atoms with Gasteiger partial charge in [-0.3, -0.25) is 9.59 Å². The van der Waals surface area contributed by atoms with Crippen LogP contribution in [0.1, 0.15) is 78.8 Å². The Bertz CT molecular complexity index is 957. The van der Waals surface area contributed by atoms with Gasteiger partial charge < -0.3 is 30.4 Å². The SMILES string of the molecule is C/C(=C\c1coc(CN)n1)[C@H]1NC(=O)C[C@H](O)C(C)(C)C(=O)[C@H](C)[C@@H](O)[C@@H](C)CCC[C@H]2O[C@H]2[C@@H]1C. The largest absolute Gasteiger partial charge is 0.447 e. The predicted octanol–water partition coefficient (Wildman–Crippen LogP) is 2.59. The molecular formula is C27H43N3O6. The number of epoxide rings is 1. The summed E-state index contributed by atoms with van der Waals surface area (Å²) in [7, 11) is 0. The highest BCUT2D eigenvalue weighted by Crippen LogP contribution is 2.38. The predicted molar refractivity (Wildman–Crippen MR) is 135 cm³/mol. The van der Waals surface area contributed by atoms with E-state index >= 15 is 0 Å². The highest BCUT2D eigenvalue weighted by molar-refractivity contribution is 5.88. The number of hydrogen-bond donors (Lipinski definition) is 4. The number of nitrogens with zero attached hydrogens (tertiary/aromatic N) is 1. The fourth-order valence-electron chi connectivity index (χ4n) is 5.38. The molecule has 2 fully saturated rings. The maximum atomic E-state index is 13.2. The third-order valence-corrected chi connectivity index (χ3v) is 8.10. The molecule has 0 aromatic carbocycles. The molecule has 202 valence electrons. The first kappa shape index (κ1) is 28.5. The summed E-state index contributed by atoms with van der Waals surface area (Å²) in [4.78, 5) is 30.7. The number of ketones is 1. The van der Waals surface area contributed by atoms with Crippen LogP contribution in [0.4, 0.5) is 0 Å². The molecule has 0 saturated carbocycles. The lowest BCUT2D eigenvalue weighted by Gasteiger charge is -2.35. The molecule has 9 heteroatoms. The number of oxazole rings is 1. The van der Waals surface area contributed by atoms with Gasteiger partial charge in [0.05, 0.1) is 48.8 Å². The molecule has 8 atom stereocenters. The molecule has 2 aliphatic rings. The minimum Gasteiger partial charge on any atom is -0.447 e. The standard InChI is InChI=1S/C27H43N3O6/c1-14-8-7-9-19-25(36-19)16(3)23(15(2)10-18-13-35-22(12-28)29-18)30-21(32)11-20(31)27(5,6)26(34)17(4)24(14)33/h10,13-14,16-17,19-20,23-25,31,33H,7-9,11-12,28H2,1-6H3,(H,30,32)/b15-10+/t14-,16+,17+,19+,20-,23+,24-,25-/m0/s1. The molecule has 0 bridgehead atoms. The summed E-state index contributed by atoms with van der Waals surface area (Å²) in [6.07, 6.45) is 3.71. The monoisotopic (exact) mass is 505 g/mol. The van der Waals surface area contributed by atoms with Gasteiger partial charge in [0.15, 0.2) is 0 Å². The van der Waals surface area contributed by atoms with Crippen LogP contribution < -0.4 is 11.1 Å². The molecule has 0 aliphatic carbocycles. The number of rotatable bonds is 3. The molecule has 9 nitrogen and oxygen atoms in total. The lowest BCUT2D eigenvalue weighted by molar-refractivity contribution is -0.143. The number of Topliss-reactive ketones (excluding diaryl/α,β-unsaturated/α-hetero) is 1. The first-order valence-corrected chi connectivity index (χ1v) is 13.0. The lowest BCUT2D eigenvalue weighted by atomic mass is 9.73. The number of hydrogen-bond acceptors (Lipinski definition) is 8. The number of aliphatic hydroxyl groups is 2. The summed E-state index contributed by atoms with van der Waals surface area (Å²) < 4.78 is 11.3. The minimum absolute atomic E-state index is 0.00874. The van der Waals surface area contributed by atoms with Gasteiger partial charge in [-0.15, -0.1) is 0 Å². The second kappa shape index (κ2) is 11.5. The van der Waals surface area contributed by atoms with E-state index in [1.165, 1.54) is 6.26 Å². The van der Waals surface area contributed by atoms with Crippen molar-refractivity contribution < 1.29 is 29.0 Å². The number of aliphatic hydroxyl groups excluding tert-OH is 2. The number of amides is 1. The Labute approximate surface area is 213 Å². The summed E-state index contributed by atoms with van der Waals surface area (Å²) in [6.45, 7) is 11.1. The second-order valence-corrected chi connectivity index (χ2v) is 11.3. The first-order chi connectivity index (χ1) is 16.9. The van der Waals surface area contributed by atoms with E-state index in [1.54, 1.807) is 20.8 Å². The van der Waals surface area contributed by atoms with Crippen molar-refractivity contribution in [2.75, 3.05) is 0 Å². The molecule has 0 radical (unpaired) electrons. The maximum Gasteiger partial charge on any atom is 0.223 e. The maximum absolute atomic E-state index is 13.2. The van der Waals surface area contributed by atoms with E-state index in [-0.39, 0.29) is 54.7 Å². The van der Waals surface area contributed by atoms with Crippen molar-refractivity contribution >= 4 is 17.8 Å². The summed E-state index contributed by atoms with van der Waals surface area (Å²) in [5, 5.41) is 24.8. The van der Waals surface area contributed by atoms with Crippen LogP contribution in [0, 0.1) is 23.2 Å². The molecule has 1 amide bonds. The quantitative estimate of drug-likeness (QED) is 0.458. The van der Waals surface area contributed by atoms with Crippen molar-refractivity contribution in [3.05, 3.63) is 23.4 Å². The van der Waals surface area contributed by atoms with Gasteiger partial charge in [-0.25, -0.2) is 4.98 Å². The fraction of sp³-hybridized carbons (Fsp3) is 0.741. The number of nitrogens with one attached hydrogen (secondary N) is 1. The minimum atomic E-state index is -1.20. The third-order valence-electron chi connectivity index (χ3n) is 8.10. The first-order valence-electron chi connectivity index (χ1n) is 13.0. The average molecular weight is 506 g/mol. The van der Waals surface area contributed by atoms with E-state index in [0.29, 0.717) is 11.6 Å². The van der Waals surface area contributed by atoms with E-state index in [2.05, 4.69) is 10.3 Å². The topological polar surface area (TPSA) is 151 Å². The van der Waals surface area contributed by atoms with E-state index < -0.39 is 23.5 Å². The zero-order chi connectivity index (χ0) is 26.8. The van der Waals surface area contributed by atoms with Crippen LogP contribution in [-0.2, 0) is 20.9 Å². The number of carbonyl (C=O) groups excluding carboxylic acids is 2. The van der Waals surface area contributed by atoms with Crippen molar-refractivity contribution in [3.63, 3.8) is 0 Å². The van der Waals surface area contributed by atoms with Gasteiger partial charge in [0, 0.05) is 11.8 Å². The lowest BCUT2D eigenvalue weighted by Crippen LogP contribution is -2.48. The summed E-state index contributed by atoms with van der Waals surface area (Å²) >= 11 is 0. The Balaban J connectivity index is 1.87. The number of aromatic nitrogens is 1. The average Bonchev–Trinajstić information content (AvgIpc) is 3.47. The highest BCUT2D eigenvalue weighted by atomic mass is 16.6. The van der Waals surface area contributed by atoms with Gasteiger partial charge in [0.25, 0.3) is 0 Å². The van der Waals surface area contributed by atoms with Crippen LogP contribution in [0.2, 0.25) is 0 Å². The Kier molecular flexibility index (Phi) is 9.14. The zero-order valence-electron chi connectivity index (χ0n) is 22.4. The third kappa shape index (κ3) is 6.43. The molecule has 3 heterocycles. The van der Waals surface area contributed by atoms with Gasteiger partial charge in [-0.05, 0) is 37.3 Å². The Hall–Kier alpha value is -2.07. The summed E-state index contributed by atoms with van der Waals surface area (Å²) in [5.41, 5.74) is 5.90. The number of fused-ring (bicyclic) bond motifs is 1. The smallest absolute Gasteiger partial charge is 0.223 e. The number of ether oxygens (including phenoxy) is 1. The summed E-state index contributed by atoms with van der Waals surface area (Å²) in [5.74, 6) is -0.924. The Morgan fingerprint density at radius 1 is 1.25 bits per heavy atom. The molecular weight excluding hydrogens is 462 g/mol. The van der Waals surface area contributed by atoms with E-state index in [4.69, 9.17) is 14.9 Å². The molecule has 5 N–H and O–H groups in total. The van der Waals surface area contributed by atoms with Crippen molar-refractivity contribution in [3.8, 4) is 0 Å². The molecule has 36 heavy (non-hydrogen) atoms. The van der Waals surface area contributed by atoms with Crippen molar-refractivity contribution in [1.82, 2.24) is 10.3 Å². The second-order valence-electron chi connectivity index (χ2n) is 11.3. The molecule has 0 spiro atoms. The number of nitrogens with two attached hydrogens (primary N) is 1. The summed E-state index contributed by atoms with van der Waals surface area (Å²) in [6, 6.07) is -0.357. The van der Waals surface area contributed by atoms with Gasteiger partial charge in [-0.1, -0.05) is 41.0 Å². The Morgan fingerprint density at radius 2 is 1.94 bits per heavy atom. The van der Waals surface area contributed by atoms with Crippen molar-refractivity contribution in [2.45, 2.75) is 104 Å². The van der Waals surface area contributed by atoms with Crippen molar-refractivity contribution in [1.29, 1.82) is 0 Å². The Morgan fingerprint density at radius 3 is 2.58 bits per heavy atom. The molecule has 1 aromatic heterocycles. The van der Waals surface area contributed by atoms with Crippen LogP contribution in [0.3, 0.4) is 0 Å². The molecule has 2 aliphatic heterocycles. The van der Waals surface area contributed by atoms with E-state index in [1.807, 2.05) is 26.8 Å². The van der Waals surface area contributed by atoms with Crippen LogP contribution in [0.15, 0.2) is 16.3 Å². The van der Waals surface area contributed by atoms with Crippen molar-refractivity contribution in [2.24, 2.45) is 28.9 Å². The normalized spacial score (nSPS) is 36.8. The van der Waals surface area contributed by atoms with Gasteiger partial charge in [0.1, 0.15) is 17.7 Å². The zero-order valence-corrected chi connectivity index (χ0v) is 22.4. The van der Waals surface area contributed by atoms with E-state index in [0.717, 1.165) is 24.8 Å². The van der Waals surface area contributed by atoms with E-state index in [9.17, 15) is 19.8 Å². The van der Waals surface area contributed by atoms with Crippen LogP contribution in [0.25, 0.3) is 6.08 Å². The molecule has 1 aromatic rings. The number of carbonyl (C=O) groups is 2. The molecule has 3 rings (SSSR count). The van der Waals surface area contributed by atoms with Crippen LogP contribution in [-0.4, -0.2) is 57.3 Å². The van der Waals surface area contributed by atoms with Crippen LogP contribution in [0.5, 0.6) is 0 Å². The highest BCUT2D eigenvalue weighted by Gasteiger charge is 2.47. The molecule has 0 unspecified atom stereocenters. The van der Waals surface area contributed by atoms with Gasteiger partial charge >= 0.3 is 0 Å².